The second kappa shape index (κ2) is 7.63. The summed E-state index contributed by atoms with van der Waals surface area (Å²) in [6.07, 6.45) is 1.36. The van der Waals surface area contributed by atoms with E-state index in [2.05, 4.69) is 20.6 Å². The van der Waals surface area contributed by atoms with Gasteiger partial charge in [-0.25, -0.2) is 18.7 Å². The molecule has 1 amide bonds. The highest BCUT2D eigenvalue weighted by molar-refractivity contribution is 6.42. The van der Waals surface area contributed by atoms with Crippen molar-refractivity contribution in [2.24, 2.45) is 0 Å². The zero-order valence-corrected chi connectivity index (χ0v) is 14.4. The average Bonchev–Trinajstić information content (AvgIpc) is 2.61. The van der Waals surface area contributed by atoms with Gasteiger partial charge in [0.2, 0.25) is 5.95 Å². The molecule has 3 aromatic rings. The molecule has 0 spiro atoms. The Morgan fingerprint density at radius 3 is 2.42 bits per heavy atom. The smallest absolute Gasteiger partial charge is 0.274 e. The number of aromatic nitrogens is 2. The van der Waals surface area contributed by atoms with Crippen molar-refractivity contribution >= 4 is 46.4 Å². The first kappa shape index (κ1) is 18.0. The van der Waals surface area contributed by atoms with Gasteiger partial charge in [0.1, 0.15) is 5.69 Å². The number of hydrogen-bond acceptors (Lipinski definition) is 4. The number of benzene rings is 2. The monoisotopic (exact) mass is 394 g/mol. The van der Waals surface area contributed by atoms with Crippen molar-refractivity contribution in [3.05, 3.63) is 76.0 Å². The summed E-state index contributed by atoms with van der Waals surface area (Å²) in [6.45, 7) is 0. The van der Waals surface area contributed by atoms with Gasteiger partial charge in [-0.2, -0.15) is 0 Å². The fraction of sp³-hybridized carbons (Fsp3) is 0. The highest BCUT2D eigenvalue weighted by atomic mass is 35.5. The van der Waals surface area contributed by atoms with E-state index >= 15 is 0 Å². The van der Waals surface area contributed by atoms with Crippen LogP contribution in [0.3, 0.4) is 0 Å². The lowest BCUT2D eigenvalue weighted by molar-refractivity contribution is 0.102. The maximum Gasteiger partial charge on any atom is 0.274 e. The van der Waals surface area contributed by atoms with Crippen LogP contribution in [-0.2, 0) is 0 Å². The van der Waals surface area contributed by atoms with E-state index in [9.17, 15) is 13.6 Å². The number of nitrogens with one attached hydrogen (secondary N) is 2. The molecule has 3 rings (SSSR count). The maximum atomic E-state index is 13.3. The Kier molecular flexibility index (Phi) is 5.29. The van der Waals surface area contributed by atoms with Gasteiger partial charge in [0.15, 0.2) is 11.6 Å². The summed E-state index contributed by atoms with van der Waals surface area (Å²) in [7, 11) is 0. The molecule has 0 radical (unpaired) electrons. The number of carbonyl (C=O) groups is 1. The summed E-state index contributed by atoms with van der Waals surface area (Å²) in [5.74, 6) is -2.42. The minimum absolute atomic E-state index is 0.0535. The van der Waals surface area contributed by atoms with Crippen LogP contribution in [0.5, 0.6) is 0 Å². The van der Waals surface area contributed by atoms with Crippen molar-refractivity contribution in [1.29, 1.82) is 0 Å². The number of nitrogens with zero attached hydrogens (tertiary/aromatic N) is 2. The summed E-state index contributed by atoms with van der Waals surface area (Å²) in [6, 6.07) is 9.31. The third kappa shape index (κ3) is 4.25. The molecule has 0 bridgehead atoms. The highest BCUT2D eigenvalue weighted by Gasteiger charge is 2.11. The Balaban J connectivity index is 1.76. The standard InChI is InChI=1S/C17H10Cl2F2N4O/c18-11-3-1-9(7-12(11)19)23-16(26)15-5-6-22-17(25-15)24-10-2-4-13(20)14(21)8-10/h1-8H,(H,23,26)(H,22,24,25). The van der Waals surface area contributed by atoms with E-state index < -0.39 is 17.5 Å². The number of halogens is 4. The van der Waals surface area contributed by atoms with Gasteiger partial charge in [0.25, 0.3) is 5.91 Å². The second-order valence-electron chi connectivity index (χ2n) is 5.10. The zero-order valence-electron chi connectivity index (χ0n) is 12.9. The van der Waals surface area contributed by atoms with E-state index in [4.69, 9.17) is 23.2 Å². The molecule has 9 heteroatoms. The second-order valence-corrected chi connectivity index (χ2v) is 5.92. The van der Waals surface area contributed by atoms with Gasteiger partial charge in [0, 0.05) is 23.6 Å². The van der Waals surface area contributed by atoms with E-state index in [0.29, 0.717) is 15.7 Å². The normalized spacial score (nSPS) is 10.5. The van der Waals surface area contributed by atoms with Crippen LogP contribution >= 0.6 is 23.2 Å². The van der Waals surface area contributed by atoms with Crippen LogP contribution in [-0.4, -0.2) is 15.9 Å². The molecule has 0 fully saturated rings. The molecule has 2 aromatic carbocycles. The van der Waals surface area contributed by atoms with Crippen molar-refractivity contribution in [3.8, 4) is 0 Å². The van der Waals surface area contributed by atoms with Gasteiger partial charge < -0.3 is 10.6 Å². The predicted molar refractivity (Wildman–Crippen MR) is 96.1 cm³/mol. The van der Waals surface area contributed by atoms with Crippen molar-refractivity contribution in [3.63, 3.8) is 0 Å². The van der Waals surface area contributed by atoms with Crippen LogP contribution < -0.4 is 10.6 Å². The Morgan fingerprint density at radius 1 is 0.923 bits per heavy atom. The largest absolute Gasteiger partial charge is 0.324 e. The summed E-state index contributed by atoms with van der Waals surface area (Å²) in [5, 5.41) is 5.99. The molecule has 1 heterocycles. The molecule has 5 nitrogen and oxygen atoms in total. The van der Waals surface area contributed by atoms with Crippen LogP contribution in [0.15, 0.2) is 48.7 Å². The lowest BCUT2D eigenvalue weighted by atomic mass is 10.3. The Morgan fingerprint density at radius 2 is 1.69 bits per heavy atom. The molecule has 0 aliphatic rings. The minimum atomic E-state index is -1.01. The molecule has 0 saturated carbocycles. The van der Waals surface area contributed by atoms with Crippen LogP contribution in [0, 0.1) is 11.6 Å². The molecular formula is C17H10Cl2F2N4O. The van der Waals surface area contributed by atoms with E-state index in [1.165, 1.54) is 24.4 Å². The van der Waals surface area contributed by atoms with Gasteiger partial charge in [0.05, 0.1) is 10.0 Å². The Hall–Kier alpha value is -2.77. The third-order valence-electron chi connectivity index (χ3n) is 3.24. The maximum absolute atomic E-state index is 13.3. The van der Waals surface area contributed by atoms with Crippen molar-refractivity contribution in [2.45, 2.75) is 0 Å². The first-order valence-electron chi connectivity index (χ1n) is 7.24. The van der Waals surface area contributed by atoms with E-state index in [1.54, 1.807) is 12.1 Å². The van der Waals surface area contributed by atoms with Gasteiger partial charge >= 0.3 is 0 Å². The number of anilines is 3. The quantitative estimate of drug-likeness (QED) is 0.648. The van der Waals surface area contributed by atoms with Gasteiger partial charge in [-0.15, -0.1) is 0 Å². The van der Waals surface area contributed by atoms with Gasteiger partial charge in [-0.3, -0.25) is 4.79 Å². The minimum Gasteiger partial charge on any atom is -0.324 e. The first-order chi connectivity index (χ1) is 12.4. The van der Waals surface area contributed by atoms with Crippen LogP contribution in [0.25, 0.3) is 0 Å². The molecular weight excluding hydrogens is 385 g/mol. The molecule has 2 N–H and O–H groups in total. The average molecular weight is 395 g/mol. The lowest BCUT2D eigenvalue weighted by Crippen LogP contribution is -2.14. The molecule has 0 unspecified atom stereocenters. The molecule has 1 aromatic heterocycles. The van der Waals surface area contributed by atoms with Crippen molar-refractivity contribution < 1.29 is 13.6 Å². The van der Waals surface area contributed by atoms with E-state index in [1.807, 2.05) is 0 Å². The molecule has 26 heavy (non-hydrogen) atoms. The highest BCUT2D eigenvalue weighted by Crippen LogP contribution is 2.25. The summed E-state index contributed by atoms with van der Waals surface area (Å²) in [4.78, 5) is 20.3. The lowest BCUT2D eigenvalue weighted by Gasteiger charge is -2.08. The van der Waals surface area contributed by atoms with Crippen LogP contribution in [0.1, 0.15) is 10.5 Å². The Bertz CT molecular complexity index is 985. The molecule has 0 aliphatic heterocycles. The Labute approximate surface area is 157 Å². The third-order valence-corrected chi connectivity index (χ3v) is 3.98. The fourth-order valence-electron chi connectivity index (χ4n) is 2.02. The number of amides is 1. The summed E-state index contributed by atoms with van der Waals surface area (Å²) < 4.78 is 26.2. The van der Waals surface area contributed by atoms with Crippen LogP contribution in [0.2, 0.25) is 10.0 Å². The first-order valence-corrected chi connectivity index (χ1v) is 7.99. The van der Waals surface area contributed by atoms with Gasteiger partial charge in [-0.05, 0) is 36.4 Å². The number of hydrogen-bond donors (Lipinski definition) is 2. The van der Waals surface area contributed by atoms with Crippen LogP contribution in [0.4, 0.5) is 26.1 Å². The zero-order chi connectivity index (χ0) is 18.7. The molecule has 132 valence electrons. The van der Waals surface area contributed by atoms with Crippen molar-refractivity contribution in [1.82, 2.24) is 9.97 Å². The summed E-state index contributed by atoms with van der Waals surface area (Å²) in [5.41, 5.74) is 0.750. The molecule has 0 aliphatic carbocycles. The van der Waals surface area contributed by atoms with E-state index in [0.717, 1.165) is 12.1 Å². The van der Waals surface area contributed by atoms with Gasteiger partial charge in [-0.1, -0.05) is 23.2 Å². The summed E-state index contributed by atoms with van der Waals surface area (Å²) >= 11 is 11.7. The SMILES string of the molecule is O=C(Nc1ccc(Cl)c(Cl)c1)c1ccnc(Nc2ccc(F)c(F)c2)n1. The number of rotatable bonds is 4. The van der Waals surface area contributed by atoms with E-state index in [-0.39, 0.29) is 17.3 Å². The fourth-order valence-corrected chi connectivity index (χ4v) is 2.32. The molecule has 0 saturated heterocycles. The predicted octanol–water partition coefficient (Wildman–Crippen LogP) is 5.06. The van der Waals surface area contributed by atoms with Crippen molar-refractivity contribution in [2.75, 3.05) is 10.6 Å². The molecule has 0 atom stereocenters. The number of carbonyl (C=O) groups excluding carboxylic acids is 1. The topological polar surface area (TPSA) is 66.9 Å².